The van der Waals surface area contributed by atoms with E-state index in [1.807, 2.05) is 6.92 Å². The van der Waals surface area contributed by atoms with E-state index < -0.39 is 97.0 Å². The van der Waals surface area contributed by atoms with E-state index in [-0.39, 0.29) is 17.9 Å². The largest absolute Gasteiger partial charge is 0.453 e. The molecule has 17 heteroatoms. The van der Waals surface area contributed by atoms with Crippen molar-refractivity contribution in [3.63, 3.8) is 0 Å². The van der Waals surface area contributed by atoms with Crippen molar-refractivity contribution in [1.82, 2.24) is 0 Å². The Kier molecular flexibility index (Phi) is 30.0. The predicted molar refractivity (Wildman–Crippen MR) is 246 cm³/mol. The first-order valence-corrected chi connectivity index (χ1v) is 26.3. The Morgan fingerprint density at radius 2 is 1.09 bits per heavy atom. The number of esters is 2. The van der Waals surface area contributed by atoms with Crippen LogP contribution in [-0.4, -0.2) is 125 Å². The molecule has 0 amide bonds. The van der Waals surface area contributed by atoms with Crippen LogP contribution in [0, 0.1) is 17.8 Å². The molecule has 2 fully saturated rings. The molecular formula is C48H88O16S. The Morgan fingerprint density at radius 3 is 1.60 bits per heavy atom. The minimum Gasteiger partial charge on any atom is -0.453 e. The van der Waals surface area contributed by atoms with E-state index in [9.17, 15) is 48.1 Å². The third kappa shape index (κ3) is 23.4. The van der Waals surface area contributed by atoms with Gasteiger partial charge in [-0.05, 0) is 43.9 Å². The second-order valence-corrected chi connectivity index (χ2v) is 20.0. The van der Waals surface area contributed by atoms with Gasteiger partial charge in [0, 0.05) is 12.0 Å². The summed E-state index contributed by atoms with van der Waals surface area (Å²) in [4.78, 5) is 27.0. The minimum absolute atomic E-state index is 0.0162. The maximum absolute atomic E-state index is 13.7. The number of aliphatic hydroxyl groups excluding tert-OH is 5. The molecule has 0 saturated carbocycles. The number of rotatable bonds is 35. The summed E-state index contributed by atoms with van der Waals surface area (Å²) in [6, 6.07) is 0. The van der Waals surface area contributed by atoms with E-state index in [2.05, 4.69) is 31.9 Å². The average Bonchev–Trinajstić information content (AvgIpc) is 3.24. The van der Waals surface area contributed by atoms with Crippen LogP contribution < -0.4 is 0 Å². The zero-order valence-corrected chi connectivity index (χ0v) is 41.3. The Labute approximate surface area is 390 Å². The Morgan fingerprint density at radius 1 is 0.615 bits per heavy atom. The zero-order valence-electron chi connectivity index (χ0n) is 40.4. The second kappa shape index (κ2) is 32.9. The average molecular weight is 953 g/mol. The zero-order chi connectivity index (χ0) is 48.4. The molecule has 0 aliphatic carbocycles. The van der Waals surface area contributed by atoms with Crippen LogP contribution in [0.25, 0.3) is 0 Å². The van der Waals surface area contributed by atoms with Crippen molar-refractivity contribution in [3.8, 4) is 0 Å². The molecule has 0 aromatic rings. The quantitative estimate of drug-likeness (QED) is 0.0157. The lowest BCUT2D eigenvalue weighted by atomic mass is 9.86. The number of hydrogen-bond acceptors (Lipinski definition) is 15. The number of carbonyl (C=O) groups is 2. The van der Waals surface area contributed by atoms with Crippen molar-refractivity contribution in [1.29, 1.82) is 0 Å². The third-order valence-corrected chi connectivity index (χ3v) is 13.1. The fourth-order valence-corrected chi connectivity index (χ4v) is 9.52. The predicted octanol–water partition coefficient (Wildman–Crippen LogP) is 7.40. The summed E-state index contributed by atoms with van der Waals surface area (Å²) in [6.07, 6.45) is 9.17. The first kappa shape index (κ1) is 59.4. The molecule has 2 aliphatic rings. The van der Waals surface area contributed by atoms with Gasteiger partial charge < -0.3 is 49.2 Å². The van der Waals surface area contributed by atoms with Gasteiger partial charge in [0.1, 0.15) is 30.5 Å². The van der Waals surface area contributed by atoms with Gasteiger partial charge in [-0.2, -0.15) is 8.42 Å². The van der Waals surface area contributed by atoms with E-state index in [0.29, 0.717) is 18.3 Å². The minimum atomic E-state index is -5.30. The van der Waals surface area contributed by atoms with Crippen molar-refractivity contribution in [2.24, 2.45) is 17.8 Å². The van der Waals surface area contributed by atoms with Gasteiger partial charge in [-0.3, -0.25) is 9.35 Å². The lowest BCUT2D eigenvalue weighted by molar-refractivity contribution is -0.374. The number of unbranched alkanes of at least 4 members (excludes halogenated alkanes) is 17. The third-order valence-electron chi connectivity index (χ3n) is 12.6. The monoisotopic (exact) mass is 953 g/mol. The van der Waals surface area contributed by atoms with Crippen LogP contribution in [0.2, 0.25) is 0 Å². The summed E-state index contributed by atoms with van der Waals surface area (Å²) in [5.41, 5.74) is 0.220. The molecule has 65 heavy (non-hydrogen) atoms. The van der Waals surface area contributed by atoms with E-state index in [0.717, 1.165) is 38.5 Å². The van der Waals surface area contributed by atoms with Gasteiger partial charge in [-0.25, -0.2) is 8.98 Å². The molecule has 382 valence electrons. The van der Waals surface area contributed by atoms with Crippen LogP contribution >= 0.6 is 0 Å². The fraction of sp³-hybridized carbons (Fsp3) is 0.917. The van der Waals surface area contributed by atoms with Gasteiger partial charge in [0.25, 0.3) is 0 Å². The molecule has 16 nitrogen and oxygen atoms in total. The number of aliphatic hydroxyl groups is 5. The molecule has 2 rings (SSSR count). The standard InChI is InChI=1S/C48H88O16S/c1-7-9-11-13-14-15-16-17-18-19-20-21-23-24-26-33(3)28-34(4)29-35(5)30-36(6)46(55)62-43-41(53)38(32-50)60-48(45(43)61-39(51)27-25-22-12-10-8-2)63-47-44(64-65(56,57)58)42(54)40(52)37(31-49)59-47/h30,33-35,37-38,40-45,47-50,52-54H,7-29,31-32H2,1-6H3,(H,56,57,58)/b36-30+/t33-,34-,35-,37+,38+,40+,41+,42-,43-,44+,45+,47+,48+/m0/s1. The number of carbonyl (C=O) groups excluding carboxylic acids is 2. The highest BCUT2D eigenvalue weighted by atomic mass is 32.3. The first-order chi connectivity index (χ1) is 31.0. The smallest absolute Gasteiger partial charge is 0.397 e. The van der Waals surface area contributed by atoms with Crippen LogP contribution in [-0.2, 0) is 47.9 Å². The van der Waals surface area contributed by atoms with E-state index in [1.165, 1.54) is 96.3 Å². The molecule has 0 spiro atoms. The lowest BCUT2D eigenvalue weighted by Gasteiger charge is -2.46. The van der Waals surface area contributed by atoms with Crippen molar-refractivity contribution in [2.75, 3.05) is 13.2 Å². The molecule has 2 saturated heterocycles. The number of hydrogen-bond donors (Lipinski definition) is 6. The van der Waals surface area contributed by atoms with Crippen LogP contribution in [0.3, 0.4) is 0 Å². The Hall–Kier alpha value is -1.77. The van der Waals surface area contributed by atoms with E-state index >= 15 is 0 Å². The van der Waals surface area contributed by atoms with Gasteiger partial charge in [0.2, 0.25) is 6.29 Å². The summed E-state index contributed by atoms with van der Waals surface area (Å²) >= 11 is 0. The van der Waals surface area contributed by atoms with Crippen LogP contribution in [0.5, 0.6) is 0 Å². The molecule has 0 aromatic carbocycles. The topological polar surface area (TPSA) is 245 Å². The molecule has 13 atom stereocenters. The van der Waals surface area contributed by atoms with Gasteiger partial charge in [0.05, 0.1) is 13.2 Å². The molecule has 6 N–H and O–H groups in total. The van der Waals surface area contributed by atoms with Crippen LogP contribution in [0.4, 0.5) is 0 Å². The van der Waals surface area contributed by atoms with E-state index in [1.54, 1.807) is 13.0 Å². The maximum atomic E-state index is 13.7. The van der Waals surface area contributed by atoms with Gasteiger partial charge in [0.15, 0.2) is 24.6 Å². The summed E-state index contributed by atoms with van der Waals surface area (Å²) in [5, 5.41) is 52.5. The highest BCUT2D eigenvalue weighted by molar-refractivity contribution is 7.80. The highest BCUT2D eigenvalue weighted by Crippen LogP contribution is 2.33. The fourth-order valence-electron chi connectivity index (χ4n) is 9.04. The molecule has 0 radical (unpaired) electrons. The summed E-state index contributed by atoms with van der Waals surface area (Å²) < 4.78 is 66.2. The SMILES string of the molecule is CCCCCCCCCCCCCCCC[C@H](C)C[C@H](C)C[C@H](C)/C=C(\C)C(=O)O[C@H]1[C@H](O)[C@@H](CO)O[C@H](O[C@H]2O[C@H](CO)[C@@H](O)[C@H](O)[C@H]2OS(=O)(=O)O)[C@@H]1OC(=O)CCCCCCC. The molecule has 2 heterocycles. The molecule has 2 aliphatic heterocycles. The first-order valence-electron chi connectivity index (χ1n) is 24.9. The van der Waals surface area contributed by atoms with Gasteiger partial charge >= 0.3 is 22.3 Å². The summed E-state index contributed by atoms with van der Waals surface area (Å²) in [5.74, 6) is -0.678. The van der Waals surface area contributed by atoms with E-state index in [4.69, 9.17) is 23.7 Å². The molecular weight excluding hydrogens is 865 g/mol. The second-order valence-electron chi connectivity index (χ2n) is 18.9. The van der Waals surface area contributed by atoms with Crippen molar-refractivity contribution in [3.05, 3.63) is 11.6 Å². The highest BCUT2D eigenvalue weighted by Gasteiger charge is 2.54. The van der Waals surface area contributed by atoms with Crippen molar-refractivity contribution < 1.29 is 76.0 Å². The van der Waals surface area contributed by atoms with Crippen LogP contribution in [0.15, 0.2) is 11.6 Å². The van der Waals surface area contributed by atoms with Crippen LogP contribution in [0.1, 0.15) is 189 Å². The van der Waals surface area contributed by atoms with Crippen molar-refractivity contribution >= 4 is 22.3 Å². The lowest BCUT2D eigenvalue weighted by Crippen LogP contribution is -2.65. The Balaban J connectivity index is 2.06. The molecule has 0 unspecified atom stereocenters. The number of ether oxygens (including phenoxy) is 5. The Bertz CT molecular complexity index is 1430. The molecule has 0 bridgehead atoms. The molecule has 0 aromatic heterocycles. The maximum Gasteiger partial charge on any atom is 0.397 e. The van der Waals surface area contributed by atoms with Gasteiger partial charge in [-0.15, -0.1) is 0 Å². The normalized spacial score (nSPS) is 27.8. The number of allylic oxidation sites excluding steroid dienone is 1. The van der Waals surface area contributed by atoms with Gasteiger partial charge in [-0.1, -0.05) is 163 Å². The van der Waals surface area contributed by atoms with Crippen molar-refractivity contribution in [2.45, 2.75) is 251 Å². The summed E-state index contributed by atoms with van der Waals surface area (Å²) in [7, 11) is -5.30. The summed E-state index contributed by atoms with van der Waals surface area (Å²) in [6.45, 7) is 10.7.